The fourth-order valence-electron chi connectivity index (χ4n) is 2.03. The molecule has 0 saturated carbocycles. The average Bonchev–Trinajstić information content (AvgIpc) is 2.92. The molecule has 1 atom stereocenters. The van der Waals surface area contributed by atoms with E-state index in [2.05, 4.69) is 5.32 Å². The maximum absolute atomic E-state index is 10.8. The lowest BCUT2D eigenvalue weighted by atomic mass is 10.2. The predicted molar refractivity (Wildman–Crippen MR) is 71.4 cm³/mol. The number of hydrogen-bond acceptors (Lipinski definition) is 5. The van der Waals surface area contributed by atoms with Crippen molar-refractivity contribution in [1.82, 2.24) is 0 Å². The van der Waals surface area contributed by atoms with Crippen LogP contribution in [0.5, 0.6) is 0 Å². The highest BCUT2D eigenvalue weighted by Crippen LogP contribution is 2.22. The third kappa shape index (κ3) is 4.18. The highest BCUT2D eigenvalue weighted by molar-refractivity contribution is 5.60. The Morgan fingerprint density at radius 2 is 2.32 bits per heavy atom. The third-order valence-electron chi connectivity index (χ3n) is 2.99. The van der Waals surface area contributed by atoms with Gasteiger partial charge in [0, 0.05) is 19.2 Å². The minimum Gasteiger partial charge on any atom is -0.377 e. The Morgan fingerprint density at radius 3 is 3.05 bits per heavy atom. The lowest BCUT2D eigenvalue weighted by molar-refractivity contribution is -0.384. The fraction of sp³-hybridized carbons (Fsp3) is 0.538. The highest BCUT2D eigenvalue weighted by Gasteiger charge is 2.15. The number of nitro benzene ring substituents is 1. The van der Waals surface area contributed by atoms with Gasteiger partial charge >= 0.3 is 0 Å². The molecule has 0 aromatic heterocycles. The van der Waals surface area contributed by atoms with Crippen molar-refractivity contribution in [1.29, 1.82) is 0 Å². The summed E-state index contributed by atoms with van der Waals surface area (Å²) in [6.45, 7) is 2.46. The van der Waals surface area contributed by atoms with Crippen molar-refractivity contribution in [3.8, 4) is 0 Å². The summed E-state index contributed by atoms with van der Waals surface area (Å²) in [5.41, 5.74) is 0.606. The molecule has 104 valence electrons. The molecule has 0 aliphatic carbocycles. The lowest BCUT2D eigenvalue weighted by Crippen LogP contribution is -2.18. The molecule has 6 nitrogen and oxygen atoms in total. The Balaban J connectivity index is 1.69. The van der Waals surface area contributed by atoms with Crippen LogP contribution in [0.15, 0.2) is 24.3 Å². The van der Waals surface area contributed by atoms with Gasteiger partial charge in [-0.05, 0) is 18.9 Å². The van der Waals surface area contributed by atoms with E-state index in [9.17, 15) is 10.1 Å². The molecule has 1 N–H and O–H groups in total. The smallest absolute Gasteiger partial charge is 0.292 e. The van der Waals surface area contributed by atoms with E-state index in [0.717, 1.165) is 19.4 Å². The molecule has 19 heavy (non-hydrogen) atoms. The van der Waals surface area contributed by atoms with Crippen LogP contribution in [0.1, 0.15) is 12.8 Å². The zero-order valence-corrected chi connectivity index (χ0v) is 10.7. The molecule has 1 fully saturated rings. The van der Waals surface area contributed by atoms with E-state index < -0.39 is 4.92 Å². The van der Waals surface area contributed by atoms with Crippen LogP contribution in [0.2, 0.25) is 0 Å². The monoisotopic (exact) mass is 266 g/mol. The molecule has 0 bridgehead atoms. The summed E-state index contributed by atoms with van der Waals surface area (Å²) in [5.74, 6) is 0. The summed E-state index contributed by atoms with van der Waals surface area (Å²) in [6, 6.07) is 6.59. The molecule has 1 aliphatic heterocycles. The van der Waals surface area contributed by atoms with Gasteiger partial charge in [-0.3, -0.25) is 10.1 Å². The van der Waals surface area contributed by atoms with Crippen molar-refractivity contribution in [2.45, 2.75) is 18.9 Å². The second kappa shape index (κ2) is 7.06. The number of hydrogen-bond donors (Lipinski definition) is 1. The number of para-hydroxylation sites is 2. The van der Waals surface area contributed by atoms with Crippen molar-refractivity contribution >= 4 is 11.4 Å². The lowest BCUT2D eigenvalue weighted by Gasteiger charge is -2.11. The topological polar surface area (TPSA) is 73.6 Å². The van der Waals surface area contributed by atoms with Gasteiger partial charge in [-0.15, -0.1) is 0 Å². The van der Waals surface area contributed by atoms with Gasteiger partial charge in [-0.25, -0.2) is 0 Å². The summed E-state index contributed by atoms with van der Waals surface area (Å²) < 4.78 is 10.9. The highest BCUT2D eigenvalue weighted by atomic mass is 16.6. The number of nitrogens with zero attached hydrogens (tertiary/aromatic N) is 1. The molecule has 1 aliphatic rings. The first-order valence-corrected chi connectivity index (χ1v) is 6.44. The van der Waals surface area contributed by atoms with Crippen LogP contribution in [0, 0.1) is 10.1 Å². The van der Waals surface area contributed by atoms with Crippen molar-refractivity contribution in [2.24, 2.45) is 0 Å². The van der Waals surface area contributed by atoms with Gasteiger partial charge in [0.15, 0.2) is 0 Å². The van der Waals surface area contributed by atoms with Crippen LogP contribution >= 0.6 is 0 Å². The fourth-order valence-corrected chi connectivity index (χ4v) is 2.03. The van der Waals surface area contributed by atoms with Crippen molar-refractivity contribution < 1.29 is 14.4 Å². The number of benzene rings is 1. The second-order valence-corrected chi connectivity index (χ2v) is 4.41. The minimum atomic E-state index is -0.393. The number of nitro groups is 1. The number of ether oxygens (including phenoxy) is 2. The summed E-state index contributed by atoms with van der Waals surface area (Å²) in [6.07, 6.45) is 2.37. The van der Waals surface area contributed by atoms with Crippen LogP contribution in [0.4, 0.5) is 11.4 Å². The number of rotatable bonds is 7. The Labute approximate surface area is 111 Å². The SMILES string of the molecule is O=[N+]([O-])c1ccccc1NCCOC[C@H]1CCCO1. The Hall–Kier alpha value is -1.66. The second-order valence-electron chi connectivity index (χ2n) is 4.41. The first-order valence-electron chi connectivity index (χ1n) is 6.44. The van der Waals surface area contributed by atoms with Gasteiger partial charge in [0.1, 0.15) is 5.69 Å². The van der Waals surface area contributed by atoms with Crippen LogP contribution in [-0.4, -0.2) is 37.4 Å². The first kappa shape index (κ1) is 13.8. The van der Waals surface area contributed by atoms with Gasteiger partial charge in [0.2, 0.25) is 0 Å². The van der Waals surface area contributed by atoms with Crippen LogP contribution in [0.25, 0.3) is 0 Å². The summed E-state index contributed by atoms with van der Waals surface area (Å²) in [4.78, 5) is 10.4. The van der Waals surface area contributed by atoms with Gasteiger partial charge in [0.25, 0.3) is 5.69 Å². The molecule has 1 heterocycles. The molecular weight excluding hydrogens is 248 g/mol. The maximum atomic E-state index is 10.8. The molecular formula is C13H18N2O4. The molecule has 6 heteroatoms. The van der Waals surface area contributed by atoms with E-state index in [1.54, 1.807) is 18.2 Å². The molecule has 1 saturated heterocycles. The van der Waals surface area contributed by atoms with Crippen LogP contribution < -0.4 is 5.32 Å². The van der Waals surface area contributed by atoms with E-state index in [1.165, 1.54) is 6.07 Å². The van der Waals surface area contributed by atoms with E-state index >= 15 is 0 Å². The zero-order valence-electron chi connectivity index (χ0n) is 10.7. The van der Waals surface area contributed by atoms with Gasteiger partial charge in [-0.1, -0.05) is 12.1 Å². The minimum absolute atomic E-state index is 0.0848. The quantitative estimate of drug-likeness (QED) is 0.465. The third-order valence-corrected chi connectivity index (χ3v) is 2.99. The summed E-state index contributed by atoms with van der Waals surface area (Å²) in [7, 11) is 0. The maximum Gasteiger partial charge on any atom is 0.292 e. The van der Waals surface area contributed by atoms with Crippen LogP contribution in [-0.2, 0) is 9.47 Å². The predicted octanol–water partition coefficient (Wildman–Crippen LogP) is 2.20. The Bertz CT molecular complexity index is 419. The largest absolute Gasteiger partial charge is 0.377 e. The van der Waals surface area contributed by atoms with Gasteiger partial charge < -0.3 is 14.8 Å². The molecule has 0 radical (unpaired) electrons. The molecule has 1 aromatic carbocycles. The van der Waals surface area contributed by atoms with Crippen LogP contribution in [0.3, 0.4) is 0 Å². The zero-order chi connectivity index (χ0) is 13.5. The van der Waals surface area contributed by atoms with E-state index in [4.69, 9.17) is 9.47 Å². The van der Waals surface area contributed by atoms with Gasteiger partial charge in [-0.2, -0.15) is 0 Å². The standard InChI is InChI=1S/C13H18N2O4/c16-15(17)13-6-2-1-5-12(13)14-7-9-18-10-11-4-3-8-19-11/h1-2,5-6,11,14H,3-4,7-10H2/t11-/m1/s1. The molecule has 1 aromatic rings. The van der Waals surface area contributed by atoms with Crippen molar-refractivity contribution in [2.75, 3.05) is 31.7 Å². The first-order chi connectivity index (χ1) is 9.27. The molecule has 0 spiro atoms. The van der Waals surface area contributed by atoms with Gasteiger partial charge in [0.05, 0.1) is 24.2 Å². The number of anilines is 1. The Morgan fingerprint density at radius 1 is 1.47 bits per heavy atom. The van der Waals surface area contributed by atoms with E-state index in [0.29, 0.717) is 25.4 Å². The molecule has 0 amide bonds. The summed E-state index contributed by atoms with van der Waals surface area (Å²) in [5, 5.41) is 13.8. The normalized spacial score (nSPS) is 18.4. The van der Waals surface area contributed by atoms with E-state index in [-0.39, 0.29) is 11.8 Å². The van der Waals surface area contributed by atoms with Crippen molar-refractivity contribution in [3.05, 3.63) is 34.4 Å². The summed E-state index contributed by atoms with van der Waals surface area (Å²) >= 11 is 0. The average molecular weight is 266 g/mol. The molecule has 2 rings (SSSR count). The van der Waals surface area contributed by atoms with E-state index in [1.807, 2.05) is 0 Å². The van der Waals surface area contributed by atoms with Crippen molar-refractivity contribution in [3.63, 3.8) is 0 Å². The molecule has 0 unspecified atom stereocenters. The number of nitrogens with one attached hydrogen (secondary N) is 1. The Kier molecular flexibility index (Phi) is 5.11.